The Morgan fingerprint density at radius 2 is 2.03 bits per heavy atom. The van der Waals surface area contributed by atoms with E-state index in [9.17, 15) is 18.7 Å². The number of oxime groups is 1. The molecule has 0 aliphatic carbocycles. The number of hydrazone groups is 1. The predicted octanol–water partition coefficient (Wildman–Crippen LogP) is 3.79. The molecule has 2 atom stereocenters. The normalized spacial score (nSPS) is 19.3. The molecular weight excluding hydrogens is 450 g/mol. The highest BCUT2D eigenvalue weighted by atomic mass is 32.2. The highest BCUT2D eigenvalue weighted by Gasteiger charge is 2.49. The number of hydrogen-bond donors (Lipinski definition) is 2. The number of rotatable bonds is 8. The summed E-state index contributed by atoms with van der Waals surface area (Å²) in [6, 6.07) is 12.3. The lowest BCUT2D eigenvalue weighted by atomic mass is 9.99. The summed E-state index contributed by atoms with van der Waals surface area (Å²) in [5, 5.41) is 22.8. The van der Waals surface area contributed by atoms with Crippen LogP contribution in [-0.2, 0) is 14.5 Å². The van der Waals surface area contributed by atoms with Gasteiger partial charge in [-0.25, -0.2) is 13.8 Å². The highest BCUT2D eigenvalue weighted by molar-refractivity contribution is 8.15. The van der Waals surface area contributed by atoms with Crippen molar-refractivity contribution in [3.05, 3.63) is 71.3 Å². The minimum absolute atomic E-state index is 0.0394. The Bertz CT molecular complexity index is 1050. The van der Waals surface area contributed by atoms with Crippen molar-refractivity contribution in [1.29, 1.82) is 0 Å². The van der Waals surface area contributed by atoms with Crippen molar-refractivity contribution in [2.75, 3.05) is 13.7 Å². The van der Waals surface area contributed by atoms with E-state index in [-0.39, 0.29) is 10.6 Å². The van der Waals surface area contributed by atoms with Crippen LogP contribution in [0.1, 0.15) is 37.8 Å². The number of amides is 1. The molecular formula is C23H26F2N4O3S. The van der Waals surface area contributed by atoms with E-state index in [1.165, 1.54) is 19.0 Å². The number of thioether (sulfide) groups is 1. The van der Waals surface area contributed by atoms with E-state index in [1.807, 2.05) is 30.3 Å². The first-order chi connectivity index (χ1) is 15.8. The zero-order valence-corrected chi connectivity index (χ0v) is 19.4. The third-order valence-corrected chi connectivity index (χ3v) is 6.50. The van der Waals surface area contributed by atoms with Gasteiger partial charge in [-0.15, -0.1) is 0 Å². The smallest absolute Gasteiger partial charge is 0.272 e. The van der Waals surface area contributed by atoms with Crippen molar-refractivity contribution >= 4 is 28.5 Å². The van der Waals surface area contributed by atoms with E-state index >= 15 is 0 Å². The van der Waals surface area contributed by atoms with Gasteiger partial charge in [0.25, 0.3) is 5.91 Å². The van der Waals surface area contributed by atoms with Crippen LogP contribution in [0.15, 0.2) is 58.8 Å². The van der Waals surface area contributed by atoms with Crippen molar-refractivity contribution in [3.63, 3.8) is 0 Å². The van der Waals surface area contributed by atoms with Gasteiger partial charge in [0, 0.05) is 12.1 Å². The lowest BCUT2D eigenvalue weighted by Crippen LogP contribution is -2.45. The Hall–Kier alpha value is -2.98. The van der Waals surface area contributed by atoms with E-state index in [2.05, 4.69) is 15.6 Å². The number of nitrogens with zero attached hydrogens (tertiary/aromatic N) is 3. The molecule has 1 heterocycles. The Morgan fingerprint density at radius 3 is 2.70 bits per heavy atom. The number of nitrogens with one attached hydrogen (secondary N) is 1. The number of aliphatic hydroxyl groups is 1. The largest absolute Gasteiger partial charge is 0.398 e. The van der Waals surface area contributed by atoms with Crippen molar-refractivity contribution in [2.24, 2.45) is 10.3 Å². The quantitative estimate of drug-likeness (QED) is 0.262. The third kappa shape index (κ3) is 5.51. The second-order valence-electron chi connectivity index (χ2n) is 7.50. The Labute approximate surface area is 195 Å². The van der Waals surface area contributed by atoms with Crippen LogP contribution < -0.4 is 5.32 Å². The van der Waals surface area contributed by atoms with Gasteiger partial charge >= 0.3 is 0 Å². The minimum atomic E-state index is -1.33. The molecule has 1 amide bonds. The number of amidine groups is 1. The van der Waals surface area contributed by atoms with Gasteiger partial charge < -0.3 is 15.3 Å². The summed E-state index contributed by atoms with van der Waals surface area (Å²) in [4.78, 5) is 16.7. The SMILES string of the molecule is CON=C(C)NCCCC1(c2ccccc2)SC(c2cc(F)ccc2F)=NN1C(=O)C(C)O. The van der Waals surface area contributed by atoms with Gasteiger partial charge in [-0.3, -0.25) is 4.79 Å². The standard InChI is InChI=1S/C23H26F2N4O3S/c1-15(30)22(31)29-23(17-8-5-4-6-9-17,12-7-13-26-16(2)28-32-3)33-21(27-29)19-14-18(24)10-11-20(19)25/h4-6,8-11,14-15,30H,7,12-13H2,1-3H3,(H,26,28). The van der Waals surface area contributed by atoms with E-state index in [0.29, 0.717) is 25.2 Å². The fourth-order valence-electron chi connectivity index (χ4n) is 3.52. The first-order valence-electron chi connectivity index (χ1n) is 10.4. The second kappa shape index (κ2) is 10.8. The first-order valence-corrected chi connectivity index (χ1v) is 11.2. The van der Waals surface area contributed by atoms with Gasteiger partial charge in [-0.1, -0.05) is 47.2 Å². The van der Waals surface area contributed by atoms with Gasteiger partial charge in [0.05, 0.1) is 0 Å². The van der Waals surface area contributed by atoms with Crippen LogP contribution in [0.4, 0.5) is 8.78 Å². The van der Waals surface area contributed by atoms with Gasteiger partial charge in [-0.2, -0.15) is 5.10 Å². The van der Waals surface area contributed by atoms with E-state index in [4.69, 9.17) is 4.84 Å². The van der Waals surface area contributed by atoms with Crippen LogP contribution >= 0.6 is 11.8 Å². The Kier molecular flexibility index (Phi) is 8.04. The monoisotopic (exact) mass is 476 g/mol. The summed E-state index contributed by atoms with van der Waals surface area (Å²) in [6.45, 7) is 3.64. The van der Waals surface area contributed by atoms with Gasteiger partial charge in [-0.05, 0) is 50.5 Å². The molecule has 0 spiro atoms. The number of halogens is 2. The number of hydrogen-bond acceptors (Lipinski definition) is 6. The molecule has 0 bridgehead atoms. The predicted molar refractivity (Wildman–Crippen MR) is 124 cm³/mol. The summed E-state index contributed by atoms with van der Waals surface area (Å²) < 4.78 is 28.5. The Balaban J connectivity index is 2.01. The molecule has 2 N–H and O–H groups in total. The second-order valence-corrected chi connectivity index (χ2v) is 8.76. The van der Waals surface area contributed by atoms with E-state index in [0.717, 1.165) is 35.5 Å². The topological polar surface area (TPSA) is 86.5 Å². The lowest BCUT2D eigenvalue weighted by Gasteiger charge is -2.36. The molecule has 3 rings (SSSR count). The third-order valence-electron chi connectivity index (χ3n) is 5.05. The maximum absolute atomic E-state index is 14.6. The molecule has 176 valence electrons. The molecule has 0 aromatic heterocycles. The zero-order valence-electron chi connectivity index (χ0n) is 18.6. The molecule has 33 heavy (non-hydrogen) atoms. The molecule has 1 aliphatic rings. The molecule has 2 aromatic rings. The average molecular weight is 477 g/mol. The van der Waals surface area contributed by atoms with Crippen LogP contribution in [0, 0.1) is 11.6 Å². The molecule has 2 aromatic carbocycles. The van der Waals surface area contributed by atoms with Gasteiger partial charge in [0.2, 0.25) is 0 Å². The first kappa shape index (κ1) is 24.7. The van der Waals surface area contributed by atoms with Crippen molar-refractivity contribution in [2.45, 2.75) is 37.7 Å². The lowest BCUT2D eigenvalue weighted by molar-refractivity contribution is -0.143. The van der Waals surface area contributed by atoms with Gasteiger partial charge in [0.15, 0.2) is 0 Å². The van der Waals surface area contributed by atoms with Crippen LogP contribution in [0.5, 0.6) is 0 Å². The number of carbonyl (C=O) groups is 1. The van der Waals surface area contributed by atoms with Crippen molar-refractivity contribution in [3.8, 4) is 0 Å². The van der Waals surface area contributed by atoms with E-state index < -0.39 is 28.5 Å². The molecule has 0 fully saturated rings. The van der Waals surface area contributed by atoms with Crippen molar-refractivity contribution in [1.82, 2.24) is 10.3 Å². The maximum atomic E-state index is 14.6. The van der Waals surface area contributed by atoms with Crippen LogP contribution in [0.25, 0.3) is 0 Å². The van der Waals surface area contributed by atoms with Crippen LogP contribution in [0.3, 0.4) is 0 Å². The summed E-state index contributed by atoms with van der Waals surface area (Å²) in [7, 11) is 1.45. The summed E-state index contributed by atoms with van der Waals surface area (Å²) in [5.74, 6) is -1.30. The Morgan fingerprint density at radius 1 is 1.30 bits per heavy atom. The summed E-state index contributed by atoms with van der Waals surface area (Å²) in [5.41, 5.74) is 0.712. The van der Waals surface area contributed by atoms with Gasteiger partial charge in [0.1, 0.15) is 40.6 Å². The summed E-state index contributed by atoms with van der Waals surface area (Å²) >= 11 is 1.16. The maximum Gasteiger partial charge on any atom is 0.272 e. The van der Waals surface area contributed by atoms with Crippen LogP contribution in [-0.4, -0.2) is 46.7 Å². The highest BCUT2D eigenvalue weighted by Crippen LogP contribution is 2.50. The molecule has 2 unspecified atom stereocenters. The minimum Gasteiger partial charge on any atom is -0.398 e. The molecule has 0 saturated carbocycles. The number of aliphatic hydroxyl groups excluding tert-OH is 1. The zero-order chi connectivity index (χ0) is 24.0. The molecule has 0 saturated heterocycles. The molecule has 10 heteroatoms. The number of carbonyl (C=O) groups excluding carboxylic acids is 1. The van der Waals surface area contributed by atoms with Crippen molar-refractivity contribution < 1.29 is 23.5 Å². The number of benzene rings is 2. The fraction of sp³-hybridized carbons (Fsp3) is 0.348. The van der Waals surface area contributed by atoms with Crippen LogP contribution in [0.2, 0.25) is 0 Å². The molecule has 7 nitrogen and oxygen atoms in total. The summed E-state index contributed by atoms with van der Waals surface area (Å²) in [6.07, 6.45) is -0.336. The molecule has 0 radical (unpaired) electrons. The molecule has 1 aliphatic heterocycles. The fourth-order valence-corrected chi connectivity index (χ4v) is 4.94. The van der Waals surface area contributed by atoms with E-state index in [1.54, 1.807) is 6.92 Å². The average Bonchev–Trinajstić information content (AvgIpc) is 3.19.